The van der Waals surface area contributed by atoms with Crippen molar-refractivity contribution in [2.45, 2.75) is 58.2 Å². The molecule has 30 heavy (non-hydrogen) atoms. The third-order valence-corrected chi connectivity index (χ3v) is 7.48. The number of aromatic nitrogens is 1. The molecule has 3 heterocycles. The van der Waals surface area contributed by atoms with E-state index in [0.29, 0.717) is 18.5 Å². The largest absolute Gasteiger partial charge is 0.337 e. The van der Waals surface area contributed by atoms with Gasteiger partial charge in [0.15, 0.2) is 0 Å². The normalized spacial score (nSPS) is 23.6. The first-order valence-electron chi connectivity index (χ1n) is 11.3. The zero-order chi connectivity index (χ0) is 21.1. The van der Waals surface area contributed by atoms with Gasteiger partial charge in [0.05, 0.1) is 12.1 Å². The van der Waals surface area contributed by atoms with E-state index in [2.05, 4.69) is 65.2 Å². The lowest BCUT2D eigenvalue weighted by atomic mass is 9.97. The Labute approximate surface area is 184 Å². The van der Waals surface area contributed by atoms with Crippen LogP contribution in [0.25, 0.3) is 10.6 Å². The molecule has 2 unspecified atom stereocenters. The number of rotatable bonds is 5. The average Bonchev–Trinajstić information content (AvgIpc) is 3.18. The molecule has 2 aliphatic heterocycles. The van der Waals surface area contributed by atoms with Crippen molar-refractivity contribution < 1.29 is 4.79 Å². The molecule has 0 radical (unpaired) electrons. The maximum absolute atomic E-state index is 12.9. The van der Waals surface area contributed by atoms with Crippen molar-refractivity contribution in [2.24, 2.45) is 0 Å². The summed E-state index contributed by atoms with van der Waals surface area (Å²) < 4.78 is 0. The second-order valence-corrected chi connectivity index (χ2v) is 9.89. The van der Waals surface area contributed by atoms with Gasteiger partial charge in [-0.15, -0.1) is 11.3 Å². The van der Waals surface area contributed by atoms with Crippen LogP contribution in [0.3, 0.4) is 0 Å². The summed E-state index contributed by atoms with van der Waals surface area (Å²) in [6.07, 6.45) is 3.85. The molecule has 0 bridgehead atoms. The van der Waals surface area contributed by atoms with Crippen LogP contribution in [0.5, 0.6) is 0 Å². The van der Waals surface area contributed by atoms with Crippen molar-refractivity contribution in [3.8, 4) is 10.6 Å². The Morgan fingerprint density at radius 3 is 2.60 bits per heavy atom. The number of nitrogens with zero attached hydrogens (tertiary/aromatic N) is 4. The molecule has 0 aliphatic carbocycles. The minimum absolute atomic E-state index is 0.218. The minimum atomic E-state index is 0.218. The van der Waals surface area contributed by atoms with Crippen molar-refractivity contribution in [2.75, 3.05) is 33.2 Å². The molecular weight excluding hydrogens is 392 g/mol. The van der Waals surface area contributed by atoms with E-state index in [1.165, 1.54) is 12.0 Å². The quantitative estimate of drug-likeness (QED) is 0.727. The van der Waals surface area contributed by atoms with Crippen LogP contribution >= 0.6 is 11.3 Å². The van der Waals surface area contributed by atoms with Crippen molar-refractivity contribution in [1.82, 2.24) is 19.7 Å². The summed E-state index contributed by atoms with van der Waals surface area (Å²) in [5, 5.41) is 3.07. The lowest BCUT2D eigenvalue weighted by Crippen LogP contribution is -2.48. The van der Waals surface area contributed by atoms with Gasteiger partial charge in [-0.25, -0.2) is 4.98 Å². The van der Waals surface area contributed by atoms with Crippen LogP contribution in [0.15, 0.2) is 29.6 Å². The van der Waals surface area contributed by atoms with Crippen LogP contribution in [0.2, 0.25) is 0 Å². The van der Waals surface area contributed by atoms with E-state index in [1.807, 2.05) is 0 Å². The zero-order valence-corrected chi connectivity index (χ0v) is 19.3. The number of hydrogen-bond donors (Lipinski definition) is 0. The van der Waals surface area contributed by atoms with Crippen LogP contribution < -0.4 is 0 Å². The third kappa shape index (κ3) is 5.10. The van der Waals surface area contributed by atoms with Crippen LogP contribution in [0, 0.1) is 0 Å². The molecule has 0 saturated carbocycles. The summed E-state index contributed by atoms with van der Waals surface area (Å²) in [7, 11) is 2.19. The Kier molecular flexibility index (Phi) is 6.86. The van der Waals surface area contributed by atoms with E-state index < -0.39 is 0 Å². The standard InChI is InChI=1S/C24H34N4OS/c1-18-6-4-7-19(2)28(18)23(29)15-22-17-30-24(25-22)21-9-5-8-20(14-21)16-27-12-10-26(3)11-13-27/h5,8-9,14,17-19H,4,6-7,10-13,15-16H2,1-3H3. The lowest BCUT2D eigenvalue weighted by molar-refractivity contribution is -0.136. The van der Waals surface area contributed by atoms with Crippen molar-refractivity contribution in [3.63, 3.8) is 0 Å². The van der Waals surface area contributed by atoms with Crippen molar-refractivity contribution in [1.29, 1.82) is 0 Å². The minimum Gasteiger partial charge on any atom is -0.337 e. The summed E-state index contributed by atoms with van der Waals surface area (Å²) in [4.78, 5) is 24.7. The predicted octanol–water partition coefficient (Wildman–Crippen LogP) is 3.89. The van der Waals surface area contributed by atoms with Crippen LogP contribution in [0.1, 0.15) is 44.4 Å². The van der Waals surface area contributed by atoms with E-state index in [4.69, 9.17) is 4.98 Å². The molecule has 2 fully saturated rings. The van der Waals surface area contributed by atoms with E-state index in [0.717, 1.165) is 61.8 Å². The van der Waals surface area contributed by atoms with E-state index in [9.17, 15) is 4.79 Å². The topological polar surface area (TPSA) is 39.7 Å². The van der Waals surface area contributed by atoms with Gasteiger partial charge in [0.2, 0.25) is 5.91 Å². The molecule has 0 N–H and O–H groups in total. The Morgan fingerprint density at radius 2 is 1.87 bits per heavy atom. The van der Waals surface area contributed by atoms with Gasteiger partial charge in [-0.05, 0) is 51.8 Å². The molecule has 2 aliphatic rings. The van der Waals surface area contributed by atoms with Gasteiger partial charge >= 0.3 is 0 Å². The third-order valence-electron chi connectivity index (χ3n) is 6.54. The first-order valence-corrected chi connectivity index (χ1v) is 12.1. The lowest BCUT2D eigenvalue weighted by Gasteiger charge is -2.39. The average molecular weight is 427 g/mol. The Hall–Kier alpha value is -1.76. The van der Waals surface area contributed by atoms with Crippen molar-refractivity contribution >= 4 is 17.2 Å². The van der Waals surface area contributed by atoms with Gasteiger partial charge in [-0.1, -0.05) is 18.2 Å². The molecule has 5 nitrogen and oxygen atoms in total. The van der Waals surface area contributed by atoms with Crippen molar-refractivity contribution in [3.05, 3.63) is 40.9 Å². The molecule has 162 valence electrons. The second-order valence-electron chi connectivity index (χ2n) is 9.03. The summed E-state index contributed by atoms with van der Waals surface area (Å²) in [6, 6.07) is 9.41. The summed E-state index contributed by atoms with van der Waals surface area (Å²) in [6.45, 7) is 9.85. The SMILES string of the molecule is CC1CCCC(C)N1C(=O)Cc1csc(-c2cccc(CN3CCN(C)CC3)c2)n1. The number of carbonyl (C=O) groups is 1. The number of piperazine rings is 1. The number of piperidine rings is 1. The number of likely N-dealkylation sites (N-methyl/N-ethyl adjacent to an activating group) is 1. The first kappa shape index (κ1) is 21.5. The molecule has 1 amide bonds. The second kappa shape index (κ2) is 9.58. The van der Waals surface area contributed by atoms with Crippen LogP contribution in [-0.4, -0.2) is 70.9 Å². The van der Waals surface area contributed by atoms with Gasteiger partial charge < -0.3 is 9.80 Å². The summed E-state index contributed by atoms with van der Waals surface area (Å²) >= 11 is 1.65. The van der Waals surface area contributed by atoms with Crippen LogP contribution in [-0.2, 0) is 17.8 Å². The Balaban J connectivity index is 1.40. The molecule has 1 aromatic heterocycles. The number of likely N-dealkylation sites (tertiary alicyclic amines) is 1. The van der Waals surface area contributed by atoms with E-state index >= 15 is 0 Å². The molecule has 1 aromatic carbocycles. The number of thiazole rings is 1. The molecule has 2 saturated heterocycles. The highest BCUT2D eigenvalue weighted by Crippen LogP contribution is 2.27. The maximum Gasteiger partial charge on any atom is 0.229 e. The summed E-state index contributed by atoms with van der Waals surface area (Å²) in [5.74, 6) is 0.218. The Bertz CT molecular complexity index is 848. The fourth-order valence-electron chi connectivity index (χ4n) is 4.75. The van der Waals surface area contributed by atoms with Gasteiger partial charge in [-0.2, -0.15) is 0 Å². The molecule has 2 aromatic rings. The number of benzene rings is 1. The zero-order valence-electron chi connectivity index (χ0n) is 18.5. The molecule has 0 spiro atoms. The van der Waals surface area contributed by atoms with Gasteiger partial charge in [0.1, 0.15) is 5.01 Å². The van der Waals surface area contributed by atoms with Gasteiger partial charge in [0.25, 0.3) is 0 Å². The van der Waals surface area contributed by atoms with Gasteiger partial charge in [0, 0.05) is 55.8 Å². The smallest absolute Gasteiger partial charge is 0.229 e. The highest BCUT2D eigenvalue weighted by atomic mass is 32.1. The highest BCUT2D eigenvalue weighted by molar-refractivity contribution is 7.13. The van der Waals surface area contributed by atoms with Gasteiger partial charge in [-0.3, -0.25) is 9.69 Å². The number of carbonyl (C=O) groups excluding carboxylic acids is 1. The monoisotopic (exact) mass is 426 g/mol. The Morgan fingerprint density at radius 1 is 1.13 bits per heavy atom. The summed E-state index contributed by atoms with van der Waals surface area (Å²) in [5.41, 5.74) is 3.39. The molecule has 2 atom stereocenters. The number of hydrogen-bond acceptors (Lipinski definition) is 5. The molecule has 4 rings (SSSR count). The fraction of sp³-hybridized carbons (Fsp3) is 0.583. The number of amides is 1. The van der Waals surface area contributed by atoms with Crippen LogP contribution in [0.4, 0.5) is 0 Å². The first-order chi connectivity index (χ1) is 14.5. The van der Waals surface area contributed by atoms with E-state index in [1.54, 1.807) is 11.3 Å². The molecule has 6 heteroatoms. The fourth-order valence-corrected chi connectivity index (χ4v) is 5.56. The highest BCUT2D eigenvalue weighted by Gasteiger charge is 2.29. The predicted molar refractivity (Wildman–Crippen MR) is 124 cm³/mol. The van der Waals surface area contributed by atoms with E-state index in [-0.39, 0.29) is 5.91 Å². The molecular formula is C24H34N4OS. The maximum atomic E-state index is 12.9.